The molecule has 1 N–H and O–H groups in total. The number of ether oxygens (including phenoxy) is 1. The predicted molar refractivity (Wildman–Crippen MR) is 142 cm³/mol. The van der Waals surface area contributed by atoms with Gasteiger partial charge in [0.25, 0.3) is 5.91 Å². The van der Waals surface area contributed by atoms with E-state index in [4.69, 9.17) is 14.7 Å². The molecule has 0 spiro atoms. The van der Waals surface area contributed by atoms with Crippen molar-refractivity contribution in [1.82, 2.24) is 19.8 Å². The third-order valence-corrected chi connectivity index (χ3v) is 6.59. The Morgan fingerprint density at radius 1 is 0.917 bits per heavy atom. The second-order valence-electron chi connectivity index (χ2n) is 9.14. The van der Waals surface area contributed by atoms with Crippen molar-refractivity contribution in [1.29, 1.82) is 0 Å². The highest BCUT2D eigenvalue weighted by Gasteiger charge is 2.23. The fraction of sp³-hybridized carbons (Fsp3) is 0.276. The largest absolute Gasteiger partial charge is 0.497 e. The number of fused-ring (bicyclic) bond motifs is 1. The van der Waals surface area contributed by atoms with E-state index in [-0.39, 0.29) is 5.91 Å². The number of aryl methyl sites for hydroxylation is 1. The van der Waals surface area contributed by atoms with Gasteiger partial charge in [-0.25, -0.2) is 9.97 Å². The number of methoxy groups -OCH3 is 1. The number of piperazine rings is 1. The van der Waals surface area contributed by atoms with E-state index in [0.29, 0.717) is 31.7 Å². The van der Waals surface area contributed by atoms with Crippen molar-refractivity contribution in [3.63, 3.8) is 0 Å². The Morgan fingerprint density at radius 2 is 1.64 bits per heavy atom. The number of benzene rings is 3. The van der Waals surface area contributed by atoms with Crippen molar-refractivity contribution in [3.8, 4) is 5.75 Å². The van der Waals surface area contributed by atoms with Crippen LogP contribution in [0.15, 0.2) is 72.8 Å². The van der Waals surface area contributed by atoms with E-state index in [0.717, 1.165) is 41.4 Å². The van der Waals surface area contributed by atoms with E-state index < -0.39 is 0 Å². The van der Waals surface area contributed by atoms with Gasteiger partial charge in [0.15, 0.2) is 0 Å². The van der Waals surface area contributed by atoms with Gasteiger partial charge in [-0.15, -0.1) is 0 Å². The molecule has 7 heteroatoms. The van der Waals surface area contributed by atoms with Crippen molar-refractivity contribution in [2.45, 2.75) is 20.0 Å². The molecule has 0 unspecified atom stereocenters. The standard InChI is InChI=1S/C29H31N5O2/c1-21-7-9-22(10-8-21)19-30-28-25-5-3-4-6-26(25)31-27(32-28)20-33-15-17-34(18-16-33)29(35)23-11-13-24(36-2)14-12-23/h3-14H,15-20H2,1-2H3,(H,30,31,32). The third kappa shape index (κ3) is 5.47. The van der Waals surface area contributed by atoms with Crippen LogP contribution in [-0.4, -0.2) is 59.0 Å². The molecule has 0 bridgehead atoms. The van der Waals surface area contributed by atoms with Crippen LogP contribution in [0.1, 0.15) is 27.3 Å². The summed E-state index contributed by atoms with van der Waals surface area (Å²) in [5.74, 6) is 2.45. The molecular formula is C29H31N5O2. The van der Waals surface area contributed by atoms with Crippen LogP contribution in [0, 0.1) is 6.92 Å². The van der Waals surface area contributed by atoms with Crippen molar-refractivity contribution >= 4 is 22.6 Å². The Morgan fingerprint density at radius 3 is 2.36 bits per heavy atom. The summed E-state index contributed by atoms with van der Waals surface area (Å²) < 4.78 is 5.19. The van der Waals surface area contributed by atoms with Gasteiger partial charge in [-0.05, 0) is 48.9 Å². The van der Waals surface area contributed by atoms with E-state index >= 15 is 0 Å². The Balaban J connectivity index is 1.24. The summed E-state index contributed by atoms with van der Waals surface area (Å²) in [4.78, 5) is 26.8. The average molecular weight is 482 g/mol. The topological polar surface area (TPSA) is 70.6 Å². The maximum absolute atomic E-state index is 12.9. The van der Waals surface area contributed by atoms with Crippen molar-refractivity contribution in [2.75, 3.05) is 38.6 Å². The van der Waals surface area contributed by atoms with Crippen molar-refractivity contribution < 1.29 is 9.53 Å². The van der Waals surface area contributed by atoms with Crippen LogP contribution in [0.25, 0.3) is 10.9 Å². The number of carbonyl (C=O) groups excluding carboxylic acids is 1. The van der Waals surface area contributed by atoms with E-state index in [1.807, 2.05) is 47.4 Å². The molecule has 4 aromatic rings. The van der Waals surface area contributed by atoms with Gasteiger partial charge in [-0.2, -0.15) is 0 Å². The molecule has 0 radical (unpaired) electrons. The fourth-order valence-corrected chi connectivity index (χ4v) is 4.45. The van der Waals surface area contributed by atoms with Gasteiger partial charge in [0, 0.05) is 43.7 Å². The SMILES string of the molecule is COc1ccc(C(=O)N2CCN(Cc3nc(NCc4ccc(C)cc4)c4ccccc4n3)CC2)cc1. The quantitative estimate of drug-likeness (QED) is 0.419. The van der Waals surface area contributed by atoms with Crippen molar-refractivity contribution in [3.05, 3.63) is 95.3 Å². The molecule has 1 aliphatic rings. The average Bonchev–Trinajstić information content (AvgIpc) is 2.92. The van der Waals surface area contributed by atoms with E-state index in [1.54, 1.807) is 7.11 Å². The Hall–Kier alpha value is -3.97. The lowest BCUT2D eigenvalue weighted by atomic mass is 10.1. The molecule has 1 fully saturated rings. The highest BCUT2D eigenvalue weighted by Crippen LogP contribution is 2.22. The number of nitrogens with zero attached hydrogens (tertiary/aromatic N) is 4. The summed E-state index contributed by atoms with van der Waals surface area (Å²) in [6.07, 6.45) is 0. The molecule has 1 amide bonds. The summed E-state index contributed by atoms with van der Waals surface area (Å²) >= 11 is 0. The third-order valence-electron chi connectivity index (χ3n) is 6.59. The smallest absolute Gasteiger partial charge is 0.253 e. The minimum Gasteiger partial charge on any atom is -0.497 e. The molecule has 2 heterocycles. The van der Waals surface area contributed by atoms with Gasteiger partial charge in [0.2, 0.25) is 0 Å². The van der Waals surface area contributed by atoms with Gasteiger partial charge in [-0.3, -0.25) is 9.69 Å². The summed E-state index contributed by atoms with van der Waals surface area (Å²) in [5.41, 5.74) is 4.08. The van der Waals surface area contributed by atoms with Crippen LogP contribution in [-0.2, 0) is 13.1 Å². The zero-order valence-corrected chi connectivity index (χ0v) is 20.8. The first-order valence-electron chi connectivity index (χ1n) is 12.3. The second kappa shape index (κ2) is 10.7. The molecule has 0 aliphatic carbocycles. The van der Waals surface area contributed by atoms with Crippen LogP contribution in [0.3, 0.4) is 0 Å². The second-order valence-corrected chi connectivity index (χ2v) is 9.14. The van der Waals surface area contributed by atoms with E-state index in [1.165, 1.54) is 11.1 Å². The molecule has 1 saturated heterocycles. The van der Waals surface area contributed by atoms with Crippen molar-refractivity contribution in [2.24, 2.45) is 0 Å². The molecule has 1 aromatic heterocycles. The molecule has 36 heavy (non-hydrogen) atoms. The number of hydrogen-bond acceptors (Lipinski definition) is 6. The van der Waals surface area contributed by atoms with Crippen LogP contribution in [0.5, 0.6) is 5.75 Å². The van der Waals surface area contributed by atoms with E-state index in [9.17, 15) is 4.79 Å². The molecular weight excluding hydrogens is 450 g/mol. The molecule has 184 valence electrons. The molecule has 3 aromatic carbocycles. The first-order chi connectivity index (χ1) is 17.6. The summed E-state index contributed by atoms with van der Waals surface area (Å²) in [6.45, 7) is 6.36. The Kier molecular flexibility index (Phi) is 7.09. The Labute approximate surface area is 211 Å². The number of aromatic nitrogens is 2. The van der Waals surface area contributed by atoms with Crippen LogP contribution in [0.2, 0.25) is 0 Å². The maximum atomic E-state index is 12.9. The van der Waals surface area contributed by atoms with Gasteiger partial charge < -0.3 is 15.0 Å². The lowest BCUT2D eigenvalue weighted by Gasteiger charge is -2.34. The minimum absolute atomic E-state index is 0.0573. The number of hydrogen-bond donors (Lipinski definition) is 1. The van der Waals surface area contributed by atoms with Crippen LogP contribution < -0.4 is 10.1 Å². The summed E-state index contributed by atoms with van der Waals surface area (Å²) in [6, 6.07) is 23.9. The van der Waals surface area contributed by atoms with E-state index in [2.05, 4.69) is 47.5 Å². The lowest BCUT2D eigenvalue weighted by molar-refractivity contribution is 0.0625. The summed E-state index contributed by atoms with van der Waals surface area (Å²) in [7, 11) is 1.62. The maximum Gasteiger partial charge on any atom is 0.253 e. The highest BCUT2D eigenvalue weighted by atomic mass is 16.5. The van der Waals surface area contributed by atoms with Crippen LogP contribution >= 0.6 is 0 Å². The number of rotatable bonds is 7. The predicted octanol–water partition coefficient (Wildman–Crippen LogP) is 4.52. The number of nitrogens with one attached hydrogen (secondary N) is 1. The number of amides is 1. The van der Waals surface area contributed by atoms with Crippen LogP contribution in [0.4, 0.5) is 5.82 Å². The summed E-state index contributed by atoms with van der Waals surface area (Å²) in [5, 5.41) is 4.53. The lowest BCUT2D eigenvalue weighted by Crippen LogP contribution is -2.48. The zero-order valence-electron chi connectivity index (χ0n) is 20.8. The molecule has 1 aliphatic heterocycles. The zero-order chi connectivity index (χ0) is 24.9. The minimum atomic E-state index is 0.0573. The number of anilines is 1. The highest BCUT2D eigenvalue weighted by molar-refractivity contribution is 5.94. The number of para-hydroxylation sites is 1. The van der Waals surface area contributed by atoms with Gasteiger partial charge in [0.05, 0.1) is 19.2 Å². The monoisotopic (exact) mass is 481 g/mol. The number of carbonyl (C=O) groups is 1. The Bertz CT molecular complexity index is 1330. The first-order valence-corrected chi connectivity index (χ1v) is 12.3. The first kappa shape index (κ1) is 23.8. The van der Waals surface area contributed by atoms with Gasteiger partial charge in [-0.1, -0.05) is 42.0 Å². The normalized spacial score (nSPS) is 14.1. The fourth-order valence-electron chi connectivity index (χ4n) is 4.45. The molecule has 0 saturated carbocycles. The van der Waals surface area contributed by atoms with Gasteiger partial charge >= 0.3 is 0 Å². The molecule has 5 rings (SSSR count). The molecule has 0 atom stereocenters. The van der Waals surface area contributed by atoms with Gasteiger partial charge in [0.1, 0.15) is 17.4 Å². The molecule has 7 nitrogen and oxygen atoms in total.